The summed E-state index contributed by atoms with van der Waals surface area (Å²) in [4.78, 5) is 17.9. The van der Waals surface area contributed by atoms with E-state index in [0.717, 1.165) is 5.69 Å². The van der Waals surface area contributed by atoms with Gasteiger partial charge in [0.25, 0.3) is 5.69 Å². The molecule has 0 aliphatic heterocycles. The summed E-state index contributed by atoms with van der Waals surface area (Å²) in [6.45, 7) is 0.412. The minimum absolute atomic E-state index is 0.107. The van der Waals surface area contributed by atoms with Crippen molar-refractivity contribution in [1.82, 2.24) is 9.97 Å². The Bertz CT molecular complexity index is 636. The fourth-order valence-electron chi connectivity index (χ4n) is 1.50. The second-order valence-corrected chi connectivity index (χ2v) is 3.65. The second kappa shape index (κ2) is 5.55. The second-order valence-electron chi connectivity index (χ2n) is 3.65. The number of aromatic nitrogens is 2. The Morgan fingerprint density at radius 1 is 1.42 bits per heavy atom. The van der Waals surface area contributed by atoms with Gasteiger partial charge in [0.2, 0.25) is 0 Å². The van der Waals surface area contributed by atoms with Gasteiger partial charge in [-0.3, -0.25) is 10.1 Å². The van der Waals surface area contributed by atoms with Crippen LogP contribution in [0, 0.1) is 21.4 Å². The maximum atomic E-state index is 10.6. The number of anilines is 1. The molecule has 2 rings (SSSR count). The number of nitrogens with one attached hydrogen (secondary N) is 1. The van der Waals surface area contributed by atoms with Crippen molar-refractivity contribution in [2.75, 3.05) is 5.32 Å². The van der Waals surface area contributed by atoms with Gasteiger partial charge in [0.15, 0.2) is 0 Å². The van der Waals surface area contributed by atoms with Crippen LogP contribution in [-0.4, -0.2) is 14.9 Å². The summed E-state index contributed by atoms with van der Waals surface area (Å²) in [6.07, 6.45) is 3.04. The predicted octanol–water partition coefficient (Wildman–Crippen LogP) is 1.87. The summed E-state index contributed by atoms with van der Waals surface area (Å²) in [5.74, 6) is 0. The van der Waals surface area contributed by atoms with Crippen LogP contribution in [0.5, 0.6) is 0 Å². The molecule has 1 aromatic carbocycles. The van der Waals surface area contributed by atoms with Gasteiger partial charge in [0, 0.05) is 18.3 Å². The molecule has 0 aliphatic rings. The number of nitrogens with zero attached hydrogens (tertiary/aromatic N) is 4. The number of hydrogen-bond donors (Lipinski definition) is 1. The van der Waals surface area contributed by atoms with Crippen LogP contribution in [-0.2, 0) is 6.54 Å². The van der Waals surface area contributed by atoms with E-state index < -0.39 is 4.92 Å². The highest BCUT2D eigenvalue weighted by Gasteiger charge is 2.10. The highest BCUT2D eigenvalue weighted by Crippen LogP contribution is 2.21. The van der Waals surface area contributed by atoms with Gasteiger partial charge in [0.05, 0.1) is 28.4 Å². The van der Waals surface area contributed by atoms with E-state index in [1.165, 1.54) is 24.5 Å². The van der Waals surface area contributed by atoms with Crippen molar-refractivity contribution >= 4 is 11.4 Å². The monoisotopic (exact) mass is 255 g/mol. The first-order valence-electron chi connectivity index (χ1n) is 5.38. The number of nitro groups is 1. The molecular weight excluding hydrogens is 246 g/mol. The van der Waals surface area contributed by atoms with Crippen molar-refractivity contribution in [2.24, 2.45) is 0 Å². The van der Waals surface area contributed by atoms with Crippen molar-refractivity contribution in [2.45, 2.75) is 6.54 Å². The molecule has 1 heterocycles. The molecule has 0 unspecified atom stereocenters. The highest BCUT2D eigenvalue weighted by molar-refractivity contribution is 5.61. The van der Waals surface area contributed by atoms with Crippen molar-refractivity contribution in [1.29, 1.82) is 5.26 Å². The average molecular weight is 255 g/mol. The van der Waals surface area contributed by atoms with Crippen LogP contribution in [0.1, 0.15) is 11.3 Å². The standard InChI is InChI=1S/C12H9N5O2/c13-6-9-5-11(17(18)19)1-2-12(9)15-7-10-3-4-14-8-16-10/h1-5,8,15H,7H2. The van der Waals surface area contributed by atoms with Crippen molar-refractivity contribution in [3.05, 3.63) is 58.2 Å². The lowest BCUT2D eigenvalue weighted by Gasteiger charge is -2.07. The number of nitriles is 1. The molecule has 7 nitrogen and oxygen atoms in total. The quantitative estimate of drug-likeness (QED) is 0.660. The highest BCUT2D eigenvalue weighted by atomic mass is 16.6. The van der Waals surface area contributed by atoms with Gasteiger partial charge in [-0.25, -0.2) is 9.97 Å². The Hall–Kier alpha value is -3.01. The topological polar surface area (TPSA) is 105 Å². The molecule has 0 amide bonds. The van der Waals surface area contributed by atoms with Crippen molar-refractivity contribution in [3.63, 3.8) is 0 Å². The maximum absolute atomic E-state index is 10.6. The summed E-state index contributed by atoms with van der Waals surface area (Å²) in [6, 6.07) is 7.77. The lowest BCUT2D eigenvalue weighted by atomic mass is 10.1. The molecule has 0 saturated heterocycles. The van der Waals surface area contributed by atoms with E-state index in [4.69, 9.17) is 5.26 Å². The third kappa shape index (κ3) is 3.01. The van der Waals surface area contributed by atoms with E-state index in [9.17, 15) is 10.1 Å². The average Bonchev–Trinajstić information content (AvgIpc) is 2.45. The largest absolute Gasteiger partial charge is 0.378 e. The molecule has 0 spiro atoms. The molecule has 0 saturated carbocycles. The van der Waals surface area contributed by atoms with E-state index in [1.54, 1.807) is 12.3 Å². The Morgan fingerprint density at radius 3 is 2.89 bits per heavy atom. The van der Waals surface area contributed by atoms with E-state index in [2.05, 4.69) is 15.3 Å². The zero-order valence-electron chi connectivity index (χ0n) is 9.78. The lowest BCUT2D eigenvalue weighted by molar-refractivity contribution is -0.384. The van der Waals surface area contributed by atoms with Gasteiger partial charge in [-0.05, 0) is 12.1 Å². The molecule has 19 heavy (non-hydrogen) atoms. The summed E-state index contributed by atoms with van der Waals surface area (Å²) >= 11 is 0. The van der Waals surface area contributed by atoms with Gasteiger partial charge >= 0.3 is 0 Å². The van der Waals surface area contributed by atoms with Crippen LogP contribution < -0.4 is 5.32 Å². The Balaban J connectivity index is 2.17. The van der Waals surface area contributed by atoms with Crippen molar-refractivity contribution < 1.29 is 4.92 Å². The summed E-state index contributed by atoms with van der Waals surface area (Å²) in [5, 5.41) is 22.6. The first-order chi connectivity index (χ1) is 9.20. The molecule has 0 radical (unpaired) electrons. The first-order valence-corrected chi connectivity index (χ1v) is 5.38. The number of rotatable bonds is 4. The Morgan fingerprint density at radius 2 is 2.26 bits per heavy atom. The molecule has 2 aromatic rings. The molecule has 7 heteroatoms. The smallest absolute Gasteiger partial charge is 0.270 e. The van der Waals surface area contributed by atoms with Crippen LogP contribution in [0.15, 0.2) is 36.8 Å². The SMILES string of the molecule is N#Cc1cc([N+](=O)[O-])ccc1NCc1ccncn1. The molecule has 0 fully saturated rings. The maximum Gasteiger partial charge on any atom is 0.270 e. The number of nitro benzene ring substituents is 1. The number of benzene rings is 1. The van der Waals surface area contributed by atoms with Crippen LogP contribution >= 0.6 is 0 Å². The van der Waals surface area contributed by atoms with Crippen LogP contribution in [0.2, 0.25) is 0 Å². The normalized spacial score (nSPS) is 9.63. The van der Waals surface area contributed by atoms with E-state index in [-0.39, 0.29) is 11.3 Å². The first kappa shape index (κ1) is 12.4. The summed E-state index contributed by atoms with van der Waals surface area (Å²) in [7, 11) is 0. The molecule has 1 N–H and O–H groups in total. The van der Waals surface area contributed by atoms with Gasteiger partial charge < -0.3 is 5.32 Å². The molecule has 0 atom stereocenters. The van der Waals surface area contributed by atoms with Crippen LogP contribution in [0.4, 0.5) is 11.4 Å². The van der Waals surface area contributed by atoms with E-state index >= 15 is 0 Å². The lowest BCUT2D eigenvalue weighted by Crippen LogP contribution is -2.03. The number of non-ortho nitro benzene ring substituents is 1. The van der Waals surface area contributed by atoms with Gasteiger partial charge in [-0.2, -0.15) is 5.26 Å². The molecule has 1 aromatic heterocycles. The zero-order valence-corrected chi connectivity index (χ0v) is 9.78. The van der Waals surface area contributed by atoms with Gasteiger partial charge in [-0.15, -0.1) is 0 Å². The third-order valence-corrected chi connectivity index (χ3v) is 2.44. The summed E-state index contributed by atoms with van der Waals surface area (Å²) < 4.78 is 0. The minimum Gasteiger partial charge on any atom is -0.378 e. The Kier molecular flexibility index (Phi) is 3.64. The molecule has 0 aliphatic carbocycles. The fraction of sp³-hybridized carbons (Fsp3) is 0.0833. The summed E-state index contributed by atoms with van der Waals surface area (Å²) in [5.41, 5.74) is 1.41. The van der Waals surface area contributed by atoms with Crippen LogP contribution in [0.25, 0.3) is 0 Å². The molecular formula is C12H9N5O2. The van der Waals surface area contributed by atoms with Gasteiger partial charge in [0.1, 0.15) is 12.4 Å². The fourth-order valence-corrected chi connectivity index (χ4v) is 1.50. The van der Waals surface area contributed by atoms with Crippen LogP contribution in [0.3, 0.4) is 0 Å². The van der Waals surface area contributed by atoms with Crippen molar-refractivity contribution in [3.8, 4) is 6.07 Å². The zero-order chi connectivity index (χ0) is 13.7. The number of hydrogen-bond acceptors (Lipinski definition) is 6. The molecule has 0 bridgehead atoms. The molecule has 94 valence electrons. The van der Waals surface area contributed by atoms with E-state index in [0.29, 0.717) is 12.2 Å². The van der Waals surface area contributed by atoms with E-state index in [1.807, 2.05) is 6.07 Å². The third-order valence-electron chi connectivity index (χ3n) is 2.44. The predicted molar refractivity (Wildman–Crippen MR) is 67.2 cm³/mol. The van der Waals surface area contributed by atoms with Gasteiger partial charge in [-0.1, -0.05) is 0 Å². The Labute approximate surface area is 108 Å². The minimum atomic E-state index is -0.533.